The Bertz CT molecular complexity index is 525. The van der Waals surface area contributed by atoms with E-state index in [4.69, 9.17) is 4.74 Å². The van der Waals surface area contributed by atoms with Crippen molar-refractivity contribution >= 4 is 17.5 Å². The number of ketones is 1. The highest BCUT2D eigenvalue weighted by Crippen LogP contribution is 2.46. The number of ether oxygens (including phenoxy) is 1. The van der Waals surface area contributed by atoms with Crippen LogP contribution in [0.15, 0.2) is 47.4 Å². The van der Waals surface area contributed by atoms with Crippen molar-refractivity contribution in [2.45, 2.75) is 48.0 Å². The molecule has 2 heterocycles. The monoisotopic (exact) mass is 274 g/mol. The third kappa shape index (κ3) is 2.49. The fourth-order valence-electron chi connectivity index (χ4n) is 2.88. The molecule has 1 aromatic carbocycles. The zero-order chi connectivity index (χ0) is 13.5. The summed E-state index contributed by atoms with van der Waals surface area (Å²) in [5.74, 6) is 0.295. The van der Waals surface area contributed by atoms with Crippen molar-refractivity contribution < 1.29 is 9.53 Å². The van der Waals surface area contributed by atoms with Gasteiger partial charge in [-0.2, -0.15) is 0 Å². The molecule has 3 atom stereocenters. The first-order valence-corrected chi connectivity index (χ1v) is 7.51. The van der Waals surface area contributed by atoms with Gasteiger partial charge in [-0.15, -0.1) is 11.8 Å². The van der Waals surface area contributed by atoms with Gasteiger partial charge in [0.2, 0.25) is 0 Å². The van der Waals surface area contributed by atoms with Gasteiger partial charge in [-0.3, -0.25) is 4.79 Å². The molecule has 0 radical (unpaired) electrons. The molecule has 0 spiro atoms. The van der Waals surface area contributed by atoms with Crippen molar-refractivity contribution in [3.8, 4) is 0 Å². The Hall–Kier alpha value is -1.06. The molecule has 3 heteroatoms. The van der Waals surface area contributed by atoms with E-state index in [1.165, 1.54) is 4.90 Å². The number of fused-ring (bicyclic) bond motifs is 2. The topological polar surface area (TPSA) is 26.3 Å². The summed E-state index contributed by atoms with van der Waals surface area (Å²) in [6.45, 7) is 4.09. The number of hydrogen-bond donors (Lipinski definition) is 0. The Morgan fingerprint density at radius 1 is 1.21 bits per heavy atom. The third-order valence-electron chi connectivity index (χ3n) is 3.84. The summed E-state index contributed by atoms with van der Waals surface area (Å²) >= 11 is 1.74. The molecule has 19 heavy (non-hydrogen) atoms. The quantitative estimate of drug-likeness (QED) is 0.771. The molecule has 0 aromatic heterocycles. The van der Waals surface area contributed by atoms with Crippen LogP contribution in [-0.4, -0.2) is 22.2 Å². The van der Waals surface area contributed by atoms with E-state index >= 15 is 0 Å². The van der Waals surface area contributed by atoms with Crippen LogP contribution in [0.25, 0.3) is 0 Å². The van der Waals surface area contributed by atoms with Crippen LogP contribution < -0.4 is 0 Å². The maximum Gasteiger partial charge on any atom is 0.137 e. The molecule has 2 aliphatic rings. The first-order valence-electron chi connectivity index (χ1n) is 6.63. The van der Waals surface area contributed by atoms with Gasteiger partial charge < -0.3 is 4.74 Å². The van der Waals surface area contributed by atoms with E-state index in [9.17, 15) is 4.79 Å². The van der Waals surface area contributed by atoms with Gasteiger partial charge in [0.1, 0.15) is 5.78 Å². The van der Waals surface area contributed by atoms with Gasteiger partial charge in [0.05, 0.1) is 11.2 Å². The molecule has 1 saturated heterocycles. The highest BCUT2D eigenvalue weighted by molar-refractivity contribution is 8.00. The van der Waals surface area contributed by atoms with E-state index in [-0.39, 0.29) is 10.9 Å². The standard InChI is InChI=1S/C16H18O2S/c1-15-8-9-16(2,18-15)14(10-12(17)11-15)19-13-6-4-3-5-7-13/h3-9,14H,10-11H2,1-2H3/t14?,15-,16+/m1/s1. The van der Waals surface area contributed by atoms with Crippen molar-refractivity contribution in [3.63, 3.8) is 0 Å². The van der Waals surface area contributed by atoms with Gasteiger partial charge in [-0.25, -0.2) is 0 Å². The molecule has 2 nitrogen and oxygen atoms in total. The smallest absolute Gasteiger partial charge is 0.137 e. The van der Waals surface area contributed by atoms with Crippen molar-refractivity contribution in [3.05, 3.63) is 42.5 Å². The summed E-state index contributed by atoms with van der Waals surface area (Å²) in [6, 6.07) is 10.2. The summed E-state index contributed by atoms with van der Waals surface area (Å²) in [6.07, 6.45) is 5.27. The number of rotatable bonds is 2. The first-order chi connectivity index (χ1) is 8.99. The Kier molecular flexibility index (Phi) is 3.06. The maximum absolute atomic E-state index is 12.1. The molecule has 3 rings (SSSR count). The summed E-state index contributed by atoms with van der Waals surface area (Å²) in [5.41, 5.74) is -0.751. The van der Waals surface area contributed by atoms with Crippen LogP contribution in [0.3, 0.4) is 0 Å². The second-order valence-electron chi connectivity index (χ2n) is 5.77. The summed E-state index contributed by atoms with van der Waals surface area (Å²) in [4.78, 5) is 13.3. The predicted octanol–water partition coefficient (Wildman–Crippen LogP) is 3.61. The fourth-order valence-corrected chi connectivity index (χ4v) is 4.15. The minimum Gasteiger partial charge on any atom is -0.359 e. The Labute approximate surface area is 118 Å². The lowest BCUT2D eigenvalue weighted by atomic mass is 9.92. The summed E-state index contributed by atoms with van der Waals surface area (Å²) in [5, 5.41) is 0.142. The largest absolute Gasteiger partial charge is 0.359 e. The lowest BCUT2D eigenvalue weighted by Crippen LogP contribution is -2.38. The number of hydrogen-bond acceptors (Lipinski definition) is 3. The SMILES string of the molecule is C[C@]12C=C[C@](C)(O1)C(Sc1ccccc1)CC(=O)C2. The van der Waals surface area contributed by atoms with E-state index < -0.39 is 5.60 Å². The molecule has 2 bridgehead atoms. The van der Waals surface area contributed by atoms with E-state index in [1.807, 2.05) is 25.1 Å². The molecule has 1 aromatic rings. The zero-order valence-electron chi connectivity index (χ0n) is 11.3. The first kappa shape index (κ1) is 12.9. The second kappa shape index (κ2) is 4.50. The van der Waals surface area contributed by atoms with Gasteiger partial charge in [-0.05, 0) is 26.0 Å². The van der Waals surface area contributed by atoms with Gasteiger partial charge in [-0.1, -0.05) is 30.4 Å². The number of carbonyl (C=O) groups excluding carboxylic acids is 1. The van der Waals surface area contributed by atoms with E-state index in [1.54, 1.807) is 11.8 Å². The third-order valence-corrected chi connectivity index (χ3v) is 5.31. The molecule has 0 amide bonds. The van der Waals surface area contributed by atoms with Crippen LogP contribution in [0.2, 0.25) is 0 Å². The average molecular weight is 274 g/mol. The van der Waals surface area contributed by atoms with Crippen molar-refractivity contribution in [1.29, 1.82) is 0 Å². The van der Waals surface area contributed by atoms with Crippen LogP contribution in [0.1, 0.15) is 26.7 Å². The Morgan fingerprint density at radius 3 is 2.68 bits per heavy atom. The molecule has 0 aliphatic carbocycles. The maximum atomic E-state index is 12.1. The van der Waals surface area contributed by atoms with Crippen LogP contribution in [0.5, 0.6) is 0 Å². The van der Waals surface area contributed by atoms with Gasteiger partial charge >= 0.3 is 0 Å². The van der Waals surface area contributed by atoms with Crippen LogP contribution in [0.4, 0.5) is 0 Å². The van der Waals surface area contributed by atoms with Crippen molar-refractivity contribution in [1.82, 2.24) is 0 Å². The van der Waals surface area contributed by atoms with Gasteiger partial charge in [0.15, 0.2) is 0 Å². The normalized spacial score (nSPS) is 37.4. The zero-order valence-corrected chi connectivity index (χ0v) is 12.1. The van der Waals surface area contributed by atoms with Gasteiger partial charge in [0.25, 0.3) is 0 Å². The minimum absolute atomic E-state index is 0.142. The molecular formula is C16H18O2S. The highest BCUT2D eigenvalue weighted by atomic mass is 32.2. The minimum atomic E-state index is -0.405. The lowest BCUT2D eigenvalue weighted by molar-refractivity contribution is -0.121. The van der Waals surface area contributed by atoms with Crippen LogP contribution in [-0.2, 0) is 9.53 Å². The van der Waals surface area contributed by atoms with E-state index in [2.05, 4.69) is 31.2 Å². The molecular weight excluding hydrogens is 256 g/mol. The summed E-state index contributed by atoms with van der Waals surface area (Å²) in [7, 11) is 0. The number of thioether (sulfide) groups is 1. The van der Waals surface area contributed by atoms with Crippen molar-refractivity contribution in [2.24, 2.45) is 0 Å². The lowest BCUT2D eigenvalue weighted by Gasteiger charge is -2.32. The molecule has 1 unspecified atom stereocenters. The second-order valence-corrected chi connectivity index (χ2v) is 7.05. The van der Waals surface area contributed by atoms with Crippen LogP contribution >= 0.6 is 11.8 Å². The van der Waals surface area contributed by atoms with Gasteiger partial charge in [0, 0.05) is 23.0 Å². The van der Waals surface area contributed by atoms with E-state index in [0.29, 0.717) is 18.6 Å². The van der Waals surface area contributed by atoms with E-state index in [0.717, 1.165) is 0 Å². The molecule has 1 fully saturated rings. The molecule has 0 saturated carbocycles. The number of Topliss-reactive ketones (excluding diaryl/α,β-unsaturated/α-hetero) is 1. The fraction of sp³-hybridized carbons (Fsp3) is 0.438. The Morgan fingerprint density at radius 2 is 1.95 bits per heavy atom. The molecule has 0 N–H and O–H groups in total. The molecule has 100 valence electrons. The summed E-state index contributed by atoms with van der Waals surface area (Å²) < 4.78 is 6.20. The number of carbonyl (C=O) groups is 1. The number of benzene rings is 1. The highest BCUT2D eigenvalue weighted by Gasteiger charge is 2.48. The van der Waals surface area contributed by atoms with Crippen molar-refractivity contribution in [2.75, 3.05) is 0 Å². The molecule has 2 aliphatic heterocycles. The predicted molar refractivity (Wildman–Crippen MR) is 77.4 cm³/mol. The van der Waals surface area contributed by atoms with Crippen LogP contribution in [0, 0.1) is 0 Å². The Balaban J connectivity index is 1.88. The average Bonchev–Trinajstić information content (AvgIpc) is 2.62.